The summed E-state index contributed by atoms with van der Waals surface area (Å²) in [6, 6.07) is 10.5. The summed E-state index contributed by atoms with van der Waals surface area (Å²) in [5.41, 5.74) is 1.41. The van der Waals surface area contributed by atoms with Crippen molar-refractivity contribution in [1.82, 2.24) is 0 Å². The Hall–Kier alpha value is -0.860. The van der Waals surface area contributed by atoms with Crippen LogP contribution in [-0.4, -0.2) is 27.4 Å². The number of methoxy groups -OCH3 is 2. The second-order valence-electron chi connectivity index (χ2n) is 2.99. The Morgan fingerprint density at radius 2 is 1.19 bits per heavy atom. The van der Waals surface area contributed by atoms with Crippen LogP contribution in [0, 0.1) is 0 Å². The summed E-state index contributed by atoms with van der Waals surface area (Å²) in [5.74, 6) is 0. The summed E-state index contributed by atoms with van der Waals surface area (Å²) >= 11 is 0. The fourth-order valence-corrected chi connectivity index (χ4v) is 0.714. The highest BCUT2D eigenvalue weighted by Crippen LogP contribution is 1.96. The minimum Gasteiger partial charge on any atom is -0.385 e. The smallest absolute Gasteiger partial charge is 0.0433 e. The Morgan fingerprint density at radius 3 is 1.38 bits per heavy atom. The molecule has 0 aromatic heterocycles. The Labute approximate surface area is 101 Å². The first-order chi connectivity index (χ1) is 7.76. The maximum atomic E-state index is 4.54. The van der Waals surface area contributed by atoms with Gasteiger partial charge in [-0.05, 0) is 25.8 Å². The van der Waals surface area contributed by atoms with Crippen LogP contribution in [0.15, 0.2) is 30.3 Å². The molecule has 0 saturated carbocycles. The highest BCUT2D eigenvalue weighted by molar-refractivity contribution is 5.13. The molecule has 16 heavy (non-hydrogen) atoms. The summed E-state index contributed by atoms with van der Waals surface area (Å²) in [4.78, 5) is 0. The molecule has 0 saturated heterocycles. The van der Waals surface area contributed by atoms with E-state index in [9.17, 15) is 0 Å². The molecule has 0 aliphatic carbocycles. The van der Waals surface area contributed by atoms with E-state index in [1.165, 1.54) is 5.56 Å². The number of hydrogen-bond acceptors (Lipinski definition) is 2. The fourth-order valence-electron chi connectivity index (χ4n) is 0.714. The molecule has 0 aliphatic heterocycles. The number of ether oxygens (including phenoxy) is 2. The molecule has 0 aliphatic rings. The van der Waals surface area contributed by atoms with Crippen molar-refractivity contribution < 1.29 is 9.47 Å². The van der Waals surface area contributed by atoms with Crippen molar-refractivity contribution in [2.24, 2.45) is 0 Å². The SMILES string of the molecule is CCOC.CCOC.CCc1ccccc1. The zero-order valence-corrected chi connectivity index (χ0v) is 11.3. The Balaban J connectivity index is 0. The second-order valence-corrected chi connectivity index (χ2v) is 2.99. The van der Waals surface area contributed by atoms with Crippen LogP contribution in [0.1, 0.15) is 26.3 Å². The minimum atomic E-state index is 0.819. The first-order valence-electron chi connectivity index (χ1n) is 5.78. The van der Waals surface area contributed by atoms with Crippen LogP contribution in [0.25, 0.3) is 0 Å². The van der Waals surface area contributed by atoms with Gasteiger partial charge in [-0.15, -0.1) is 0 Å². The molecular weight excluding hydrogens is 200 g/mol. The first kappa shape index (κ1) is 17.5. The van der Waals surface area contributed by atoms with Crippen LogP contribution in [0.3, 0.4) is 0 Å². The van der Waals surface area contributed by atoms with Gasteiger partial charge in [-0.2, -0.15) is 0 Å². The van der Waals surface area contributed by atoms with Gasteiger partial charge in [0.15, 0.2) is 0 Å². The molecule has 1 aromatic carbocycles. The molecule has 0 fully saturated rings. The molecule has 1 rings (SSSR count). The van der Waals surface area contributed by atoms with Crippen molar-refractivity contribution in [2.45, 2.75) is 27.2 Å². The van der Waals surface area contributed by atoms with Crippen LogP contribution in [0.2, 0.25) is 0 Å². The Morgan fingerprint density at radius 1 is 0.812 bits per heavy atom. The van der Waals surface area contributed by atoms with Gasteiger partial charge in [0.2, 0.25) is 0 Å². The van der Waals surface area contributed by atoms with Gasteiger partial charge in [-0.1, -0.05) is 37.3 Å². The molecule has 0 amide bonds. The van der Waals surface area contributed by atoms with E-state index < -0.39 is 0 Å². The summed E-state index contributed by atoms with van der Waals surface area (Å²) in [6.45, 7) is 7.72. The van der Waals surface area contributed by atoms with Crippen LogP contribution in [0.5, 0.6) is 0 Å². The molecule has 0 atom stereocenters. The maximum absolute atomic E-state index is 4.54. The van der Waals surface area contributed by atoms with E-state index in [-0.39, 0.29) is 0 Å². The average molecular weight is 226 g/mol. The summed E-state index contributed by atoms with van der Waals surface area (Å²) < 4.78 is 9.08. The molecule has 0 spiro atoms. The zero-order valence-electron chi connectivity index (χ0n) is 11.3. The maximum Gasteiger partial charge on any atom is 0.0433 e. The van der Waals surface area contributed by atoms with Crippen LogP contribution >= 0.6 is 0 Å². The third kappa shape index (κ3) is 15.6. The lowest BCUT2D eigenvalue weighted by Crippen LogP contribution is -1.73. The van der Waals surface area contributed by atoms with Crippen molar-refractivity contribution in [3.63, 3.8) is 0 Å². The monoisotopic (exact) mass is 226 g/mol. The van der Waals surface area contributed by atoms with Crippen LogP contribution in [-0.2, 0) is 15.9 Å². The average Bonchev–Trinajstić information content (AvgIpc) is 2.40. The van der Waals surface area contributed by atoms with Crippen molar-refractivity contribution in [3.05, 3.63) is 35.9 Å². The lowest BCUT2D eigenvalue weighted by atomic mass is 10.2. The number of hydrogen-bond donors (Lipinski definition) is 0. The molecule has 2 heteroatoms. The van der Waals surface area contributed by atoms with Gasteiger partial charge in [0.25, 0.3) is 0 Å². The van der Waals surface area contributed by atoms with Gasteiger partial charge < -0.3 is 9.47 Å². The largest absolute Gasteiger partial charge is 0.385 e. The molecule has 0 unspecified atom stereocenters. The lowest BCUT2D eigenvalue weighted by Gasteiger charge is -1.89. The fraction of sp³-hybridized carbons (Fsp3) is 0.571. The van der Waals surface area contributed by atoms with E-state index in [1.54, 1.807) is 14.2 Å². The van der Waals surface area contributed by atoms with E-state index in [0.717, 1.165) is 19.6 Å². The van der Waals surface area contributed by atoms with E-state index >= 15 is 0 Å². The minimum absolute atomic E-state index is 0.819. The van der Waals surface area contributed by atoms with Crippen molar-refractivity contribution in [2.75, 3.05) is 27.4 Å². The van der Waals surface area contributed by atoms with E-state index in [0.29, 0.717) is 0 Å². The van der Waals surface area contributed by atoms with Crippen molar-refractivity contribution >= 4 is 0 Å². The molecule has 94 valence electrons. The standard InChI is InChI=1S/C8H10.2C3H8O/c1-2-8-6-4-3-5-7-8;2*1-3-4-2/h3-7H,2H2,1H3;2*3H2,1-2H3. The molecule has 0 bridgehead atoms. The molecule has 0 N–H and O–H groups in total. The number of rotatable bonds is 3. The van der Waals surface area contributed by atoms with Gasteiger partial charge in [-0.3, -0.25) is 0 Å². The zero-order chi connectivity index (χ0) is 12.6. The van der Waals surface area contributed by atoms with Crippen LogP contribution < -0.4 is 0 Å². The van der Waals surface area contributed by atoms with Crippen molar-refractivity contribution in [1.29, 1.82) is 0 Å². The molecule has 0 radical (unpaired) electrons. The second kappa shape index (κ2) is 16.6. The third-order valence-electron chi connectivity index (χ3n) is 1.83. The Kier molecular flexibility index (Phi) is 18.2. The Bertz CT molecular complexity index is 189. The quantitative estimate of drug-likeness (QED) is 0.784. The summed E-state index contributed by atoms with van der Waals surface area (Å²) in [5, 5.41) is 0. The third-order valence-corrected chi connectivity index (χ3v) is 1.83. The molecule has 2 nitrogen and oxygen atoms in total. The topological polar surface area (TPSA) is 18.5 Å². The predicted octanol–water partition coefficient (Wildman–Crippen LogP) is 3.55. The van der Waals surface area contributed by atoms with E-state index in [1.807, 2.05) is 19.9 Å². The summed E-state index contributed by atoms with van der Waals surface area (Å²) in [6.07, 6.45) is 1.14. The highest BCUT2D eigenvalue weighted by atomic mass is 16.5. The highest BCUT2D eigenvalue weighted by Gasteiger charge is 1.79. The lowest BCUT2D eigenvalue weighted by molar-refractivity contribution is 0.215. The van der Waals surface area contributed by atoms with E-state index in [2.05, 4.69) is 40.7 Å². The van der Waals surface area contributed by atoms with Gasteiger partial charge >= 0.3 is 0 Å². The van der Waals surface area contributed by atoms with Gasteiger partial charge in [-0.25, -0.2) is 0 Å². The number of aryl methyl sites for hydroxylation is 1. The molecule has 1 aromatic rings. The van der Waals surface area contributed by atoms with E-state index in [4.69, 9.17) is 0 Å². The van der Waals surface area contributed by atoms with Crippen molar-refractivity contribution in [3.8, 4) is 0 Å². The number of benzene rings is 1. The summed E-state index contributed by atoms with van der Waals surface area (Å²) in [7, 11) is 3.36. The normalized spacial score (nSPS) is 8.31. The van der Waals surface area contributed by atoms with Gasteiger partial charge in [0.1, 0.15) is 0 Å². The predicted molar refractivity (Wildman–Crippen MR) is 70.9 cm³/mol. The first-order valence-corrected chi connectivity index (χ1v) is 5.78. The molecule has 0 heterocycles. The molecular formula is C14H26O2. The van der Waals surface area contributed by atoms with Crippen LogP contribution in [0.4, 0.5) is 0 Å². The van der Waals surface area contributed by atoms with Gasteiger partial charge in [0.05, 0.1) is 0 Å². The van der Waals surface area contributed by atoms with Gasteiger partial charge in [0, 0.05) is 27.4 Å².